The molecule has 2 heterocycles. The number of nitrogens with zero attached hydrogens (tertiary/aromatic N) is 2. The molecule has 114 valence electrons. The monoisotopic (exact) mass is 309 g/mol. The number of aromatic carboxylic acids is 1. The van der Waals surface area contributed by atoms with Crippen LogP contribution in [0.2, 0.25) is 0 Å². The van der Waals surface area contributed by atoms with Gasteiger partial charge in [-0.05, 0) is 25.3 Å². The van der Waals surface area contributed by atoms with Gasteiger partial charge in [-0.3, -0.25) is 0 Å². The van der Waals surface area contributed by atoms with Crippen molar-refractivity contribution in [1.82, 2.24) is 9.97 Å². The van der Waals surface area contributed by atoms with Crippen molar-refractivity contribution in [3.8, 4) is 0 Å². The minimum Gasteiger partial charge on any atom is -0.477 e. The fourth-order valence-electron chi connectivity index (χ4n) is 2.16. The van der Waals surface area contributed by atoms with Gasteiger partial charge in [-0.25, -0.2) is 14.8 Å². The zero-order valence-electron chi connectivity index (χ0n) is 12.3. The lowest BCUT2D eigenvalue weighted by molar-refractivity contribution is 0.0456. The smallest absolute Gasteiger partial charge is 0.346 e. The first kappa shape index (κ1) is 15.7. The number of hydrogen-bond donors (Lipinski definition) is 3. The molecular formula is C14H19N3O3S. The van der Waals surface area contributed by atoms with Gasteiger partial charge in [0.15, 0.2) is 0 Å². The second-order valence-corrected chi connectivity index (χ2v) is 6.05. The SMILES string of the molecule is CCC(O)(CC)CNc1ncnc2sc(C(=O)O)c(C)c12. The summed E-state index contributed by atoms with van der Waals surface area (Å²) in [6.45, 7) is 5.98. The fraction of sp³-hybridized carbons (Fsp3) is 0.500. The molecule has 6 nitrogen and oxygen atoms in total. The summed E-state index contributed by atoms with van der Waals surface area (Å²) in [6.07, 6.45) is 2.67. The number of anilines is 1. The Morgan fingerprint density at radius 3 is 2.62 bits per heavy atom. The Balaban J connectivity index is 2.39. The number of aromatic nitrogens is 2. The van der Waals surface area contributed by atoms with E-state index in [9.17, 15) is 15.0 Å². The molecule has 0 aliphatic rings. The van der Waals surface area contributed by atoms with Crippen molar-refractivity contribution in [1.29, 1.82) is 0 Å². The van der Waals surface area contributed by atoms with Gasteiger partial charge >= 0.3 is 5.97 Å². The Morgan fingerprint density at radius 2 is 2.05 bits per heavy atom. The maximum atomic E-state index is 11.2. The molecule has 0 aromatic carbocycles. The van der Waals surface area contributed by atoms with Crippen LogP contribution in [-0.4, -0.2) is 38.3 Å². The molecule has 0 bridgehead atoms. The second-order valence-electron chi connectivity index (χ2n) is 5.05. The number of nitrogens with one attached hydrogen (secondary N) is 1. The molecule has 2 aromatic rings. The first-order valence-electron chi connectivity index (χ1n) is 6.85. The summed E-state index contributed by atoms with van der Waals surface area (Å²) in [7, 11) is 0. The van der Waals surface area contributed by atoms with Crippen molar-refractivity contribution < 1.29 is 15.0 Å². The van der Waals surface area contributed by atoms with Crippen molar-refractivity contribution in [3.63, 3.8) is 0 Å². The first-order valence-corrected chi connectivity index (χ1v) is 7.67. The molecule has 0 unspecified atom stereocenters. The Morgan fingerprint density at radius 1 is 1.38 bits per heavy atom. The number of rotatable bonds is 6. The van der Waals surface area contributed by atoms with Gasteiger partial charge in [-0.1, -0.05) is 13.8 Å². The molecular weight excluding hydrogens is 290 g/mol. The molecule has 3 N–H and O–H groups in total. The van der Waals surface area contributed by atoms with E-state index < -0.39 is 11.6 Å². The summed E-state index contributed by atoms with van der Waals surface area (Å²) in [4.78, 5) is 20.4. The quantitative estimate of drug-likeness (QED) is 0.759. The van der Waals surface area contributed by atoms with Crippen LogP contribution < -0.4 is 5.32 Å². The maximum absolute atomic E-state index is 11.2. The van der Waals surface area contributed by atoms with E-state index in [1.807, 2.05) is 13.8 Å². The van der Waals surface area contributed by atoms with Crippen molar-refractivity contribution in [2.24, 2.45) is 0 Å². The average molecular weight is 309 g/mol. The zero-order valence-corrected chi connectivity index (χ0v) is 13.1. The Hall–Kier alpha value is -1.73. The lowest BCUT2D eigenvalue weighted by Gasteiger charge is -2.25. The van der Waals surface area contributed by atoms with Crippen LogP contribution in [-0.2, 0) is 0 Å². The lowest BCUT2D eigenvalue weighted by Crippen LogP contribution is -2.35. The fourth-order valence-corrected chi connectivity index (χ4v) is 3.15. The molecule has 0 aliphatic carbocycles. The van der Waals surface area contributed by atoms with E-state index in [-0.39, 0.29) is 4.88 Å². The Labute approximate surface area is 126 Å². The standard InChI is InChI=1S/C14H19N3O3S/c1-4-14(20,5-2)6-15-11-9-8(3)10(13(18)19)21-12(9)17-7-16-11/h7,20H,4-6H2,1-3H3,(H,18,19)(H,15,16,17). The van der Waals surface area contributed by atoms with Crippen molar-refractivity contribution in [2.45, 2.75) is 39.2 Å². The van der Waals surface area contributed by atoms with Crippen molar-refractivity contribution in [2.75, 3.05) is 11.9 Å². The van der Waals surface area contributed by atoms with Crippen molar-refractivity contribution >= 4 is 33.3 Å². The van der Waals surface area contributed by atoms with Gasteiger partial charge in [0, 0.05) is 6.54 Å². The van der Waals surface area contributed by atoms with Gasteiger partial charge in [-0.2, -0.15) is 0 Å². The molecule has 0 aliphatic heterocycles. The van der Waals surface area contributed by atoms with Gasteiger partial charge in [0.1, 0.15) is 21.9 Å². The van der Waals surface area contributed by atoms with E-state index >= 15 is 0 Å². The van der Waals surface area contributed by atoms with Gasteiger partial charge in [-0.15, -0.1) is 11.3 Å². The van der Waals surface area contributed by atoms with Crippen LogP contribution in [0.4, 0.5) is 5.82 Å². The van der Waals surface area contributed by atoms with E-state index in [2.05, 4.69) is 15.3 Å². The molecule has 0 amide bonds. The summed E-state index contributed by atoms with van der Waals surface area (Å²) in [6, 6.07) is 0. The number of fused-ring (bicyclic) bond motifs is 1. The minimum atomic E-state index is -0.958. The summed E-state index contributed by atoms with van der Waals surface area (Å²) in [5.74, 6) is -0.387. The topological polar surface area (TPSA) is 95.3 Å². The zero-order chi connectivity index (χ0) is 15.6. The highest BCUT2D eigenvalue weighted by Crippen LogP contribution is 2.33. The van der Waals surface area contributed by atoms with Crippen LogP contribution >= 0.6 is 11.3 Å². The van der Waals surface area contributed by atoms with E-state index in [0.717, 1.165) is 16.7 Å². The third kappa shape index (κ3) is 2.98. The maximum Gasteiger partial charge on any atom is 0.346 e. The molecule has 0 saturated carbocycles. The normalized spacial score (nSPS) is 11.8. The largest absolute Gasteiger partial charge is 0.477 e. The van der Waals surface area contributed by atoms with Crippen LogP contribution in [0.3, 0.4) is 0 Å². The summed E-state index contributed by atoms with van der Waals surface area (Å²) < 4.78 is 0. The van der Waals surface area contributed by atoms with Crippen LogP contribution in [0.5, 0.6) is 0 Å². The average Bonchev–Trinajstić information content (AvgIpc) is 2.83. The molecule has 21 heavy (non-hydrogen) atoms. The third-order valence-corrected chi connectivity index (χ3v) is 5.01. The molecule has 0 fully saturated rings. The molecule has 2 rings (SSSR count). The highest BCUT2D eigenvalue weighted by atomic mass is 32.1. The van der Waals surface area contributed by atoms with Crippen LogP contribution in [0.1, 0.15) is 41.9 Å². The van der Waals surface area contributed by atoms with E-state index in [1.54, 1.807) is 6.92 Å². The molecule has 0 atom stereocenters. The lowest BCUT2D eigenvalue weighted by atomic mass is 9.97. The number of carbonyl (C=O) groups is 1. The van der Waals surface area contributed by atoms with Gasteiger partial charge in [0.2, 0.25) is 0 Å². The third-order valence-electron chi connectivity index (χ3n) is 3.82. The van der Waals surface area contributed by atoms with E-state index in [1.165, 1.54) is 6.33 Å². The summed E-state index contributed by atoms with van der Waals surface area (Å²) in [5, 5.41) is 23.4. The number of carboxylic acid groups (broad SMARTS) is 1. The number of aryl methyl sites for hydroxylation is 1. The first-order chi connectivity index (χ1) is 9.91. The molecule has 0 radical (unpaired) electrons. The predicted octanol–water partition coefficient (Wildman–Crippen LogP) is 2.66. The molecule has 7 heteroatoms. The Kier molecular flexibility index (Phi) is 4.43. The number of aliphatic hydroxyl groups is 1. The van der Waals surface area contributed by atoms with Gasteiger partial charge in [0.25, 0.3) is 0 Å². The second kappa shape index (κ2) is 5.95. The van der Waals surface area contributed by atoms with Crippen molar-refractivity contribution in [3.05, 3.63) is 16.8 Å². The van der Waals surface area contributed by atoms with Crippen LogP contribution in [0, 0.1) is 6.92 Å². The summed E-state index contributed by atoms with van der Waals surface area (Å²) >= 11 is 1.14. The highest BCUT2D eigenvalue weighted by Gasteiger charge is 2.24. The minimum absolute atomic E-state index is 0.273. The number of carboxylic acids is 1. The van der Waals surface area contributed by atoms with Gasteiger partial charge < -0.3 is 15.5 Å². The van der Waals surface area contributed by atoms with E-state index in [4.69, 9.17) is 0 Å². The molecule has 2 aromatic heterocycles. The molecule has 0 saturated heterocycles. The van der Waals surface area contributed by atoms with Crippen LogP contribution in [0.25, 0.3) is 10.2 Å². The molecule has 0 spiro atoms. The van der Waals surface area contributed by atoms with Crippen LogP contribution in [0.15, 0.2) is 6.33 Å². The predicted molar refractivity (Wildman–Crippen MR) is 83.1 cm³/mol. The number of hydrogen-bond acceptors (Lipinski definition) is 6. The highest BCUT2D eigenvalue weighted by molar-refractivity contribution is 7.20. The van der Waals surface area contributed by atoms with Gasteiger partial charge in [0.05, 0.1) is 11.0 Å². The van der Waals surface area contributed by atoms with E-state index in [0.29, 0.717) is 35.6 Å². The Bertz CT molecular complexity index is 665. The summed E-state index contributed by atoms with van der Waals surface area (Å²) in [5.41, 5.74) is -0.140. The number of thiophene rings is 1.